The first-order valence-corrected chi connectivity index (χ1v) is 9.81. The highest BCUT2D eigenvalue weighted by atomic mass is 16.2. The summed E-state index contributed by atoms with van der Waals surface area (Å²) in [4.78, 5) is 18.3. The molecule has 0 aliphatic carbocycles. The van der Waals surface area contributed by atoms with E-state index in [1.54, 1.807) is 19.0 Å². The van der Waals surface area contributed by atoms with Crippen LogP contribution in [0.4, 0.5) is 0 Å². The van der Waals surface area contributed by atoms with Gasteiger partial charge in [0.15, 0.2) is 5.96 Å². The maximum atomic E-state index is 12.1. The van der Waals surface area contributed by atoms with Crippen LogP contribution < -0.4 is 10.6 Å². The Bertz CT molecular complexity index is 781. The Labute approximate surface area is 167 Å². The second-order valence-electron chi connectivity index (χ2n) is 6.97. The van der Waals surface area contributed by atoms with E-state index >= 15 is 0 Å². The number of nitrogens with one attached hydrogen (secondary N) is 2. The minimum absolute atomic E-state index is 0.0251. The second-order valence-corrected chi connectivity index (χ2v) is 6.97. The van der Waals surface area contributed by atoms with Crippen LogP contribution in [0.15, 0.2) is 41.7 Å². The van der Waals surface area contributed by atoms with Gasteiger partial charge in [0.05, 0.1) is 6.20 Å². The number of hydrogen-bond acceptors (Lipinski definition) is 3. The summed E-state index contributed by atoms with van der Waals surface area (Å²) in [5.74, 6) is 0.844. The van der Waals surface area contributed by atoms with Crippen LogP contribution >= 0.6 is 0 Å². The molecule has 0 saturated carbocycles. The minimum Gasteiger partial charge on any atom is -0.357 e. The van der Waals surface area contributed by atoms with Crippen LogP contribution in [0.2, 0.25) is 0 Å². The molecule has 2 rings (SSSR count). The van der Waals surface area contributed by atoms with Gasteiger partial charge in [-0.2, -0.15) is 5.10 Å². The van der Waals surface area contributed by atoms with Gasteiger partial charge in [0.2, 0.25) is 0 Å². The Morgan fingerprint density at radius 3 is 2.79 bits per heavy atom. The zero-order chi connectivity index (χ0) is 20.4. The zero-order valence-corrected chi connectivity index (χ0v) is 17.4. The summed E-state index contributed by atoms with van der Waals surface area (Å²) in [5, 5.41) is 10.9. The van der Waals surface area contributed by atoms with Crippen molar-refractivity contribution in [1.29, 1.82) is 0 Å². The molecule has 0 aliphatic rings. The van der Waals surface area contributed by atoms with Crippen LogP contribution in [0.3, 0.4) is 0 Å². The molecule has 1 aromatic carbocycles. The molecule has 2 aromatic rings. The highest BCUT2D eigenvalue weighted by Gasteiger charge is 2.08. The first kappa shape index (κ1) is 21.5. The van der Waals surface area contributed by atoms with E-state index in [2.05, 4.69) is 27.6 Å². The molecule has 0 atom stereocenters. The van der Waals surface area contributed by atoms with Crippen molar-refractivity contribution in [3.05, 3.63) is 53.3 Å². The van der Waals surface area contributed by atoms with Crippen molar-refractivity contribution in [3.8, 4) is 0 Å². The van der Waals surface area contributed by atoms with Gasteiger partial charge in [-0.05, 0) is 49.9 Å². The third kappa shape index (κ3) is 7.06. The number of aromatic nitrogens is 2. The van der Waals surface area contributed by atoms with E-state index in [4.69, 9.17) is 0 Å². The van der Waals surface area contributed by atoms with E-state index in [-0.39, 0.29) is 5.91 Å². The molecule has 28 heavy (non-hydrogen) atoms. The number of aliphatic imine (C=N–C) groups is 1. The van der Waals surface area contributed by atoms with Gasteiger partial charge in [0.1, 0.15) is 0 Å². The van der Waals surface area contributed by atoms with Crippen LogP contribution in [-0.2, 0) is 13.0 Å². The molecule has 1 heterocycles. The number of guanidine groups is 1. The van der Waals surface area contributed by atoms with E-state index in [1.165, 1.54) is 5.56 Å². The standard InChI is InChI=1S/C21H32N6O/c1-5-22-21(23-11-7-13-27-16-17(2)15-25-27)24-12-10-18-8-6-9-19(14-18)20(28)26(3)4/h6,8-9,14-16H,5,7,10-13H2,1-4H3,(H2,22,23,24). The van der Waals surface area contributed by atoms with Crippen molar-refractivity contribution in [2.24, 2.45) is 4.99 Å². The van der Waals surface area contributed by atoms with Crippen LogP contribution in [-0.4, -0.2) is 60.3 Å². The van der Waals surface area contributed by atoms with Gasteiger partial charge in [-0.15, -0.1) is 0 Å². The summed E-state index contributed by atoms with van der Waals surface area (Å²) in [5.41, 5.74) is 3.02. The summed E-state index contributed by atoms with van der Waals surface area (Å²) in [6.45, 7) is 7.27. The number of carbonyl (C=O) groups is 1. The van der Waals surface area contributed by atoms with Crippen molar-refractivity contribution in [2.45, 2.75) is 33.2 Å². The average molecular weight is 385 g/mol. The van der Waals surface area contributed by atoms with Crippen LogP contribution in [0.1, 0.15) is 34.8 Å². The van der Waals surface area contributed by atoms with Gasteiger partial charge in [0.25, 0.3) is 5.91 Å². The predicted molar refractivity (Wildman–Crippen MR) is 114 cm³/mol. The lowest BCUT2D eigenvalue weighted by Gasteiger charge is -2.13. The fraction of sp³-hybridized carbons (Fsp3) is 0.476. The van der Waals surface area contributed by atoms with Crippen LogP contribution in [0.25, 0.3) is 0 Å². The number of hydrogen-bond donors (Lipinski definition) is 2. The van der Waals surface area contributed by atoms with E-state index in [0.717, 1.165) is 56.1 Å². The lowest BCUT2D eigenvalue weighted by Crippen LogP contribution is -2.38. The molecule has 0 unspecified atom stereocenters. The maximum Gasteiger partial charge on any atom is 0.253 e. The minimum atomic E-state index is 0.0251. The Balaban J connectivity index is 1.80. The van der Waals surface area contributed by atoms with Gasteiger partial charge in [-0.25, -0.2) is 0 Å². The highest BCUT2D eigenvalue weighted by molar-refractivity contribution is 5.94. The SMILES string of the molecule is CCNC(=NCCCn1cc(C)cn1)NCCc1cccc(C(=O)N(C)C)c1. The van der Waals surface area contributed by atoms with E-state index in [9.17, 15) is 4.79 Å². The molecule has 0 radical (unpaired) electrons. The molecule has 0 bridgehead atoms. The molecule has 1 amide bonds. The molecule has 1 aromatic heterocycles. The van der Waals surface area contributed by atoms with E-state index in [0.29, 0.717) is 0 Å². The fourth-order valence-corrected chi connectivity index (χ4v) is 2.80. The fourth-order valence-electron chi connectivity index (χ4n) is 2.80. The number of rotatable bonds is 9. The van der Waals surface area contributed by atoms with Gasteiger partial charge in [-0.1, -0.05) is 12.1 Å². The monoisotopic (exact) mass is 384 g/mol. The molecule has 0 fully saturated rings. The lowest BCUT2D eigenvalue weighted by atomic mass is 10.1. The Morgan fingerprint density at radius 2 is 2.11 bits per heavy atom. The number of amides is 1. The topological polar surface area (TPSA) is 74.5 Å². The van der Waals surface area contributed by atoms with Crippen molar-refractivity contribution in [2.75, 3.05) is 33.7 Å². The van der Waals surface area contributed by atoms with E-state index in [1.807, 2.05) is 48.3 Å². The molecule has 0 aliphatic heterocycles. The molecule has 7 heteroatoms. The Hall–Kier alpha value is -2.83. The second kappa shape index (κ2) is 11.1. The van der Waals surface area contributed by atoms with Gasteiger partial charge in [-0.3, -0.25) is 14.5 Å². The molecular weight excluding hydrogens is 352 g/mol. The number of carbonyl (C=O) groups excluding carboxylic acids is 1. The van der Waals surface area contributed by atoms with Crippen LogP contribution in [0.5, 0.6) is 0 Å². The largest absolute Gasteiger partial charge is 0.357 e. The van der Waals surface area contributed by atoms with Gasteiger partial charge in [0, 0.05) is 52.0 Å². The smallest absolute Gasteiger partial charge is 0.253 e. The zero-order valence-electron chi connectivity index (χ0n) is 17.4. The first-order chi connectivity index (χ1) is 13.5. The van der Waals surface area contributed by atoms with Crippen molar-refractivity contribution in [1.82, 2.24) is 25.3 Å². The quantitative estimate of drug-likeness (QED) is 0.394. The van der Waals surface area contributed by atoms with Gasteiger partial charge >= 0.3 is 0 Å². The summed E-state index contributed by atoms with van der Waals surface area (Å²) in [6, 6.07) is 7.79. The molecular formula is C21H32N6O. The van der Waals surface area contributed by atoms with Gasteiger partial charge < -0.3 is 15.5 Å². The third-order valence-electron chi connectivity index (χ3n) is 4.21. The van der Waals surface area contributed by atoms with Crippen molar-refractivity contribution < 1.29 is 4.79 Å². The maximum absolute atomic E-state index is 12.1. The number of benzene rings is 1. The molecule has 152 valence electrons. The number of nitrogens with zero attached hydrogens (tertiary/aromatic N) is 4. The highest BCUT2D eigenvalue weighted by Crippen LogP contribution is 2.07. The van der Waals surface area contributed by atoms with Crippen molar-refractivity contribution in [3.63, 3.8) is 0 Å². The summed E-state index contributed by atoms with van der Waals surface area (Å²) in [6.07, 6.45) is 5.68. The lowest BCUT2D eigenvalue weighted by molar-refractivity contribution is 0.0827. The summed E-state index contributed by atoms with van der Waals surface area (Å²) in [7, 11) is 3.53. The molecule has 7 nitrogen and oxygen atoms in total. The first-order valence-electron chi connectivity index (χ1n) is 9.81. The third-order valence-corrected chi connectivity index (χ3v) is 4.21. The average Bonchev–Trinajstić information content (AvgIpc) is 3.09. The normalized spacial score (nSPS) is 11.4. The van der Waals surface area contributed by atoms with E-state index < -0.39 is 0 Å². The Morgan fingerprint density at radius 1 is 1.29 bits per heavy atom. The predicted octanol–water partition coefficient (Wildman–Crippen LogP) is 2.08. The molecule has 0 spiro atoms. The Kier molecular flexibility index (Phi) is 8.52. The van der Waals surface area contributed by atoms with Crippen LogP contribution in [0, 0.1) is 6.92 Å². The van der Waals surface area contributed by atoms with Crippen molar-refractivity contribution >= 4 is 11.9 Å². The number of aryl methyl sites for hydroxylation is 2. The molecule has 2 N–H and O–H groups in total. The summed E-state index contributed by atoms with van der Waals surface area (Å²) >= 11 is 0. The summed E-state index contributed by atoms with van der Waals surface area (Å²) < 4.78 is 1.95. The molecule has 0 saturated heterocycles.